The fraction of sp³-hybridized carbons (Fsp3) is 0.125. The maximum absolute atomic E-state index is 2.44. The molecule has 0 spiro atoms. The molecule has 0 amide bonds. The Balaban J connectivity index is 1.80. The second kappa shape index (κ2) is 11.7. The Morgan fingerprint density at radius 3 is 0.792 bits per heavy atom. The monoisotopic (exact) mass is 616 g/mol. The van der Waals surface area contributed by atoms with Gasteiger partial charge in [-0.3, -0.25) is 0 Å². The molecule has 0 unspecified atom stereocenters. The summed E-state index contributed by atoms with van der Waals surface area (Å²) in [6, 6.07) is 50.3. The van der Waals surface area contributed by atoms with Crippen LogP contribution in [0.15, 0.2) is 133 Å². The molecule has 8 aromatic carbocycles. The number of rotatable bonds is 4. The SMILES string of the molecule is Cc1ccc(-c2c3cc(C)c(C)cc3c(-c3ccccc3)c3c(-c4ccc(C)cc4)c4cc(C)c(C)cc4c(-c4ccccc4)c23)cc1. The third kappa shape index (κ3) is 4.83. The van der Waals surface area contributed by atoms with Gasteiger partial charge in [0.2, 0.25) is 0 Å². The quantitative estimate of drug-likeness (QED) is 0.173. The smallest absolute Gasteiger partial charge is 0.000139 e. The molecule has 0 saturated heterocycles. The molecule has 0 heteroatoms. The van der Waals surface area contributed by atoms with E-state index >= 15 is 0 Å². The van der Waals surface area contributed by atoms with Crippen molar-refractivity contribution in [2.75, 3.05) is 0 Å². The molecule has 0 aliphatic heterocycles. The van der Waals surface area contributed by atoms with Gasteiger partial charge in [0, 0.05) is 0 Å². The summed E-state index contributed by atoms with van der Waals surface area (Å²) in [5.74, 6) is 0. The summed E-state index contributed by atoms with van der Waals surface area (Å²) in [6.07, 6.45) is 0. The minimum Gasteiger partial charge on any atom is -0.0622 e. The van der Waals surface area contributed by atoms with E-state index in [1.54, 1.807) is 0 Å². The maximum Gasteiger partial charge on any atom is -0.000139 e. The number of aryl methyl sites for hydroxylation is 6. The first-order chi connectivity index (χ1) is 23.3. The van der Waals surface area contributed by atoms with Crippen molar-refractivity contribution in [2.45, 2.75) is 41.5 Å². The van der Waals surface area contributed by atoms with Gasteiger partial charge < -0.3 is 0 Å². The zero-order chi connectivity index (χ0) is 33.1. The fourth-order valence-electron chi connectivity index (χ4n) is 7.60. The van der Waals surface area contributed by atoms with Gasteiger partial charge >= 0.3 is 0 Å². The van der Waals surface area contributed by atoms with Crippen molar-refractivity contribution in [1.29, 1.82) is 0 Å². The third-order valence-electron chi connectivity index (χ3n) is 10.4. The van der Waals surface area contributed by atoms with Gasteiger partial charge in [-0.15, -0.1) is 0 Å². The molecule has 0 saturated carbocycles. The molecule has 8 aromatic rings. The summed E-state index contributed by atoms with van der Waals surface area (Å²) in [7, 11) is 0. The summed E-state index contributed by atoms with van der Waals surface area (Å²) in [5, 5.41) is 7.80. The van der Waals surface area contributed by atoms with Gasteiger partial charge in [-0.25, -0.2) is 0 Å². The van der Waals surface area contributed by atoms with Gasteiger partial charge in [0.1, 0.15) is 0 Å². The molecule has 0 aliphatic rings. The first-order valence-corrected chi connectivity index (χ1v) is 17.0. The predicted octanol–water partition coefficient (Wildman–Crippen LogP) is 13.7. The molecule has 0 aromatic heterocycles. The Labute approximate surface area is 284 Å². The van der Waals surface area contributed by atoms with Crippen molar-refractivity contribution < 1.29 is 0 Å². The van der Waals surface area contributed by atoms with Gasteiger partial charge in [0.25, 0.3) is 0 Å². The zero-order valence-corrected chi connectivity index (χ0v) is 28.7. The average Bonchev–Trinajstić information content (AvgIpc) is 3.10. The topological polar surface area (TPSA) is 0 Å². The highest BCUT2D eigenvalue weighted by atomic mass is 14.3. The zero-order valence-electron chi connectivity index (χ0n) is 28.7. The molecule has 48 heavy (non-hydrogen) atoms. The van der Waals surface area contributed by atoms with Gasteiger partial charge in [-0.05, 0) is 141 Å². The molecular weight excluding hydrogens is 577 g/mol. The first kappa shape index (κ1) is 29.9. The van der Waals surface area contributed by atoms with E-state index in [1.807, 2.05) is 0 Å². The van der Waals surface area contributed by atoms with Crippen LogP contribution in [0.3, 0.4) is 0 Å². The van der Waals surface area contributed by atoms with Gasteiger partial charge in [-0.1, -0.05) is 145 Å². The predicted molar refractivity (Wildman–Crippen MR) is 209 cm³/mol. The lowest BCUT2D eigenvalue weighted by Gasteiger charge is -2.26. The van der Waals surface area contributed by atoms with E-state index < -0.39 is 0 Å². The molecule has 0 aliphatic carbocycles. The van der Waals surface area contributed by atoms with Gasteiger partial charge in [-0.2, -0.15) is 0 Å². The lowest BCUT2D eigenvalue weighted by molar-refractivity contribution is 1.36. The van der Waals surface area contributed by atoms with Crippen molar-refractivity contribution in [2.24, 2.45) is 0 Å². The molecule has 0 heterocycles. The largest absolute Gasteiger partial charge is 0.0622 e. The van der Waals surface area contributed by atoms with E-state index in [9.17, 15) is 0 Å². The summed E-state index contributed by atoms with van der Waals surface area (Å²) >= 11 is 0. The number of fused-ring (bicyclic) bond motifs is 3. The Kier molecular flexibility index (Phi) is 7.26. The molecule has 0 nitrogen and oxygen atoms in total. The lowest BCUT2D eigenvalue weighted by Crippen LogP contribution is -1.99. The first-order valence-electron chi connectivity index (χ1n) is 17.0. The second-order valence-corrected chi connectivity index (χ2v) is 13.7. The van der Waals surface area contributed by atoms with Crippen molar-refractivity contribution in [3.05, 3.63) is 167 Å². The van der Waals surface area contributed by atoms with Crippen molar-refractivity contribution in [1.82, 2.24) is 0 Å². The average molecular weight is 617 g/mol. The molecule has 0 bridgehead atoms. The summed E-state index contributed by atoms with van der Waals surface area (Å²) in [5.41, 5.74) is 17.9. The van der Waals surface area contributed by atoms with Crippen LogP contribution in [-0.2, 0) is 0 Å². The Hall–Kier alpha value is -5.46. The fourth-order valence-corrected chi connectivity index (χ4v) is 7.60. The minimum absolute atomic E-state index is 1.24. The van der Waals surface area contributed by atoms with Crippen LogP contribution in [-0.4, -0.2) is 0 Å². The standard InChI is InChI=1S/C48H40/c1-29-17-21-37(22-18-29)45-41-27-33(5)31(3)25-39(41)44(36-15-11-8-12-16-36)48-46(38-23-19-30(2)20-24-38)42-28-34(6)32(4)26-40(42)43(47(45)48)35-13-9-7-10-14-35/h7-28H,1-6H3. The van der Waals surface area contributed by atoms with Gasteiger partial charge in [0.15, 0.2) is 0 Å². The molecule has 0 N–H and O–H groups in total. The number of hydrogen-bond acceptors (Lipinski definition) is 0. The minimum atomic E-state index is 1.24. The van der Waals surface area contributed by atoms with E-state index in [-0.39, 0.29) is 0 Å². The Morgan fingerprint density at radius 1 is 0.271 bits per heavy atom. The highest BCUT2D eigenvalue weighted by Crippen LogP contribution is 2.54. The second-order valence-electron chi connectivity index (χ2n) is 13.7. The van der Waals surface area contributed by atoms with Crippen LogP contribution >= 0.6 is 0 Å². The molecule has 0 radical (unpaired) electrons. The molecule has 0 atom stereocenters. The van der Waals surface area contributed by atoms with E-state index in [0.717, 1.165) is 0 Å². The summed E-state index contributed by atoms with van der Waals surface area (Å²) in [6.45, 7) is 13.4. The molecule has 232 valence electrons. The normalized spacial score (nSPS) is 11.5. The third-order valence-corrected chi connectivity index (χ3v) is 10.4. The molecule has 8 rings (SSSR count). The lowest BCUT2D eigenvalue weighted by atomic mass is 9.76. The highest BCUT2D eigenvalue weighted by molar-refractivity contribution is 6.34. The molecule has 0 fully saturated rings. The van der Waals surface area contributed by atoms with Crippen LogP contribution in [0, 0.1) is 41.5 Å². The highest BCUT2D eigenvalue weighted by Gasteiger charge is 2.26. The van der Waals surface area contributed by atoms with Crippen molar-refractivity contribution in [3.63, 3.8) is 0 Å². The van der Waals surface area contributed by atoms with Crippen LogP contribution < -0.4 is 0 Å². The van der Waals surface area contributed by atoms with E-state index in [2.05, 4.69) is 175 Å². The van der Waals surface area contributed by atoms with Crippen LogP contribution in [0.5, 0.6) is 0 Å². The van der Waals surface area contributed by atoms with Crippen LogP contribution in [0.25, 0.3) is 76.8 Å². The van der Waals surface area contributed by atoms with Crippen molar-refractivity contribution >= 4 is 32.3 Å². The molecular formula is C48H40. The van der Waals surface area contributed by atoms with Crippen LogP contribution in [0.1, 0.15) is 33.4 Å². The Morgan fingerprint density at radius 2 is 0.521 bits per heavy atom. The van der Waals surface area contributed by atoms with E-state index in [4.69, 9.17) is 0 Å². The number of benzene rings is 8. The van der Waals surface area contributed by atoms with E-state index in [0.29, 0.717) is 0 Å². The summed E-state index contributed by atoms with van der Waals surface area (Å²) < 4.78 is 0. The van der Waals surface area contributed by atoms with Crippen LogP contribution in [0.4, 0.5) is 0 Å². The van der Waals surface area contributed by atoms with E-state index in [1.165, 1.54) is 110 Å². The number of hydrogen-bond donors (Lipinski definition) is 0. The van der Waals surface area contributed by atoms with Crippen LogP contribution in [0.2, 0.25) is 0 Å². The van der Waals surface area contributed by atoms with Crippen molar-refractivity contribution in [3.8, 4) is 44.5 Å². The Bertz CT molecular complexity index is 2320. The summed E-state index contributed by atoms with van der Waals surface area (Å²) in [4.78, 5) is 0. The maximum atomic E-state index is 2.44. The van der Waals surface area contributed by atoms with Gasteiger partial charge in [0.05, 0.1) is 0 Å².